The molecular formula is C36H42O10. The highest BCUT2D eigenvalue weighted by molar-refractivity contribution is 5.96. The first-order valence-electron chi connectivity index (χ1n) is 15.5. The number of aliphatic hydroxyl groups is 3. The third-order valence-electron chi connectivity index (χ3n) is 10.9. The maximum atomic E-state index is 14.3. The van der Waals surface area contributed by atoms with Crippen LogP contribution in [0, 0.1) is 28.1 Å². The van der Waals surface area contributed by atoms with E-state index in [0.29, 0.717) is 0 Å². The number of hydrogen-bond donors (Lipinski definition) is 3. The topological polar surface area (TPSA) is 157 Å². The van der Waals surface area contributed by atoms with Gasteiger partial charge in [0.15, 0.2) is 17.5 Å². The molecule has 5 rings (SSSR count). The number of allylic oxidation sites excluding steroid dienone is 1. The van der Waals surface area contributed by atoms with Crippen LogP contribution in [0.3, 0.4) is 0 Å². The third-order valence-corrected chi connectivity index (χ3v) is 10.9. The second-order valence-electron chi connectivity index (χ2n) is 14.0. The molecule has 46 heavy (non-hydrogen) atoms. The Labute approximate surface area is 268 Å². The first-order chi connectivity index (χ1) is 21.5. The van der Waals surface area contributed by atoms with Crippen LogP contribution in [0.4, 0.5) is 0 Å². The molecular weight excluding hydrogens is 592 g/mol. The molecule has 0 bridgehead atoms. The Morgan fingerprint density at radius 2 is 1.39 bits per heavy atom. The van der Waals surface area contributed by atoms with Crippen LogP contribution in [-0.4, -0.2) is 75.1 Å². The number of ketones is 1. The van der Waals surface area contributed by atoms with Gasteiger partial charge in [-0.15, -0.1) is 6.58 Å². The van der Waals surface area contributed by atoms with Gasteiger partial charge in [0.25, 0.3) is 0 Å². The molecule has 3 aliphatic rings. The number of Topliss-reactive ketones (excluding diaryl/α,β-unsaturated/α-hetero) is 1. The number of benzene rings is 2. The summed E-state index contributed by atoms with van der Waals surface area (Å²) in [5.41, 5.74) is -6.15. The van der Waals surface area contributed by atoms with Gasteiger partial charge in [-0.05, 0) is 48.9 Å². The number of aliphatic hydroxyl groups excluding tert-OH is 2. The molecule has 2 aromatic carbocycles. The van der Waals surface area contributed by atoms with Gasteiger partial charge >= 0.3 is 17.9 Å². The van der Waals surface area contributed by atoms with Crippen LogP contribution in [0.1, 0.15) is 68.2 Å². The average Bonchev–Trinajstić information content (AvgIpc) is 3.02. The molecule has 0 radical (unpaired) electrons. The van der Waals surface area contributed by atoms with Gasteiger partial charge < -0.3 is 29.5 Å². The zero-order chi connectivity index (χ0) is 33.8. The smallest absolute Gasteiger partial charge is 0.338 e. The molecule has 3 aliphatic carbocycles. The van der Waals surface area contributed by atoms with Gasteiger partial charge in [0.05, 0.1) is 22.6 Å². The number of fused-ring (bicyclic) bond motifs is 3. The maximum absolute atomic E-state index is 14.3. The Kier molecular flexibility index (Phi) is 8.55. The predicted octanol–water partition coefficient (Wildman–Crippen LogP) is 3.67. The van der Waals surface area contributed by atoms with Gasteiger partial charge in [0, 0.05) is 24.7 Å². The molecule has 2 aromatic rings. The summed E-state index contributed by atoms with van der Waals surface area (Å²) < 4.78 is 18.0. The van der Waals surface area contributed by atoms with Gasteiger partial charge in [-0.3, -0.25) is 9.59 Å². The minimum atomic E-state index is -2.51. The number of carbonyl (C=O) groups is 4. The first-order valence-corrected chi connectivity index (χ1v) is 15.5. The molecule has 0 aliphatic heterocycles. The predicted molar refractivity (Wildman–Crippen MR) is 165 cm³/mol. The Bertz CT molecular complexity index is 1520. The van der Waals surface area contributed by atoms with Gasteiger partial charge in [-0.25, -0.2) is 9.59 Å². The lowest BCUT2D eigenvalue weighted by molar-refractivity contribution is -0.312. The monoisotopic (exact) mass is 634 g/mol. The summed E-state index contributed by atoms with van der Waals surface area (Å²) in [5, 5.41) is 36.1. The van der Waals surface area contributed by atoms with E-state index in [4.69, 9.17) is 14.2 Å². The molecule has 10 atom stereocenters. The van der Waals surface area contributed by atoms with Gasteiger partial charge in [0.2, 0.25) is 0 Å². The Morgan fingerprint density at radius 1 is 0.870 bits per heavy atom. The summed E-state index contributed by atoms with van der Waals surface area (Å²) in [5.74, 6) is -5.10. The Morgan fingerprint density at radius 3 is 1.89 bits per heavy atom. The standard InChI is InChI=1S/C36H42O10/c1-7-34(5)19-23(45-30(40)21-14-10-8-11-15-21)27-35(6)24(18-25(38)36(27,43)32(34)42)33(3,4)28(39)26(44-20(2)37)29(35)46-31(41)22-16-12-9-13-17-22/h7-17,23-29,38-39,43H,1,18-19H2,2-6H3/t23-,24+,25-,26-,27-,28-,29+,34+,35+,36+/m1/s1. The number of carbonyl (C=O) groups excluding carboxylic acids is 4. The molecule has 10 heteroatoms. The van der Waals surface area contributed by atoms with Crippen LogP contribution >= 0.6 is 0 Å². The van der Waals surface area contributed by atoms with E-state index >= 15 is 0 Å². The van der Waals surface area contributed by atoms with Crippen LogP contribution in [0.5, 0.6) is 0 Å². The van der Waals surface area contributed by atoms with E-state index in [9.17, 15) is 34.5 Å². The lowest BCUT2D eigenvalue weighted by atomic mass is 9.39. The van der Waals surface area contributed by atoms with Crippen molar-refractivity contribution in [2.45, 2.75) is 83.6 Å². The molecule has 0 amide bonds. The quantitative estimate of drug-likeness (QED) is 0.243. The van der Waals surface area contributed by atoms with Crippen LogP contribution in [-0.2, 0) is 23.8 Å². The normalized spacial score (nSPS) is 38.0. The van der Waals surface area contributed by atoms with Crippen molar-refractivity contribution in [2.24, 2.45) is 28.1 Å². The molecule has 0 aromatic heterocycles. The van der Waals surface area contributed by atoms with E-state index in [2.05, 4.69) is 6.58 Å². The van der Waals surface area contributed by atoms with Crippen molar-refractivity contribution in [1.29, 1.82) is 0 Å². The Balaban J connectivity index is 1.74. The largest absolute Gasteiger partial charge is 0.458 e. The summed E-state index contributed by atoms with van der Waals surface area (Å²) in [6.07, 6.45) is -6.05. The van der Waals surface area contributed by atoms with Crippen molar-refractivity contribution in [3.63, 3.8) is 0 Å². The molecule has 0 unspecified atom stereocenters. The minimum absolute atomic E-state index is 0.101. The molecule has 0 saturated heterocycles. The van der Waals surface area contributed by atoms with Crippen LogP contribution in [0.25, 0.3) is 0 Å². The van der Waals surface area contributed by atoms with E-state index in [-0.39, 0.29) is 24.0 Å². The van der Waals surface area contributed by atoms with Gasteiger partial charge in [-0.1, -0.05) is 63.2 Å². The highest BCUT2D eigenvalue weighted by atomic mass is 16.6. The lowest BCUT2D eigenvalue weighted by Gasteiger charge is -2.68. The number of rotatable bonds is 6. The zero-order valence-electron chi connectivity index (χ0n) is 26.7. The molecule has 0 spiro atoms. The molecule has 10 nitrogen and oxygen atoms in total. The Hall–Kier alpha value is -3.86. The first kappa shape index (κ1) is 33.5. The lowest BCUT2D eigenvalue weighted by Crippen LogP contribution is -2.80. The van der Waals surface area contributed by atoms with Crippen LogP contribution in [0.15, 0.2) is 73.3 Å². The SMILES string of the molecule is C=C[C@@]1(C)C[C@@H](OC(=O)c2ccccc2)[C@H]2[C@](O)(C1=O)[C@H](O)C[C@H]1C(C)(C)[C@H](O)[C@@H](OC(C)=O)[C@H](OC(=O)c3ccccc3)[C@@]12C. The van der Waals surface area contributed by atoms with E-state index in [1.165, 1.54) is 18.2 Å². The van der Waals surface area contributed by atoms with Crippen molar-refractivity contribution >= 4 is 23.7 Å². The zero-order valence-corrected chi connectivity index (χ0v) is 26.7. The fraction of sp³-hybridized carbons (Fsp3) is 0.500. The third kappa shape index (κ3) is 5.07. The summed E-state index contributed by atoms with van der Waals surface area (Å²) in [6, 6.07) is 16.3. The molecule has 0 heterocycles. The maximum Gasteiger partial charge on any atom is 0.338 e. The summed E-state index contributed by atoms with van der Waals surface area (Å²) in [6.45, 7) is 11.7. The van der Waals surface area contributed by atoms with Crippen molar-refractivity contribution in [3.8, 4) is 0 Å². The van der Waals surface area contributed by atoms with Crippen LogP contribution < -0.4 is 0 Å². The van der Waals surface area contributed by atoms with Gasteiger partial charge in [-0.2, -0.15) is 0 Å². The molecule has 246 valence electrons. The second kappa shape index (κ2) is 11.7. The van der Waals surface area contributed by atoms with Gasteiger partial charge in [0.1, 0.15) is 18.3 Å². The fourth-order valence-electron chi connectivity index (χ4n) is 8.58. The van der Waals surface area contributed by atoms with Crippen LogP contribution in [0.2, 0.25) is 0 Å². The van der Waals surface area contributed by atoms with Crippen molar-refractivity contribution in [1.82, 2.24) is 0 Å². The second-order valence-corrected chi connectivity index (χ2v) is 14.0. The van der Waals surface area contributed by atoms with E-state index in [1.807, 2.05) is 0 Å². The van der Waals surface area contributed by atoms with E-state index in [0.717, 1.165) is 6.92 Å². The summed E-state index contributed by atoms with van der Waals surface area (Å²) in [7, 11) is 0. The molecule has 3 fully saturated rings. The number of esters is 3. The summed E-state index contributed by atoms with van der Waals surface area (Å²) in [4.78, 5) is 54.1. The molecule has 3 N–H and O–H groups in total. The van der Waals surface area contributed by atoms with E-state index in [1.54, 1.807) is 76.2 Å². The number of hydrogen-bond acceptors (Lipinski definition) is 10. The van der Waals surface area contributed by atoms with E-state index < -0.39 is 87.9 Å². The molecule has 3 saturated carbocycles. The summed E-state index contributed by atoms with van der Waals surface area (Å²) >= 11 is 0. The van der Waals surface area contributed by atoms with Crippen molar-refractivity contribution in [3.05, 3.63) is 84.4 Å². The highest BCUT2D eigenvalue weighted by Gasteiger charge is 2.77. The average molecular weight is 635 g/mol. The fourth-order valence-corrected chi connectivity index (χ4v) is 8.58. The van der Waals surface area contributed by atoms with Crippen molar-refractivity contribution < 1.29 is 48.7 Å². The number of ether oxygens (including phenoxy) is 3. The highest BCUT2D eigenvalue weighted by Crippen LogP contribution is 2.67. The minimum Gasteiger partial charge on any atom is -0.458 e. The van der Waals surface area contributed by atoms with Crippen molar-refractivity contribution in [2.75, 3.05) is 0 Å².